The van der Waals surface area contributed by atoms with Crippen LogP contribution in [-0.4, -0.2) is 12.1 Å². The number of hydrogen-bond acceptors (Lipinski definition) is 2. The number of pyridine rings is 1. The largest absolute Gasteiger partial charge is 0.497 e. The first-order valence-corrected chi connectivity index (χ1v) is 6.69. The summed E-state index contributed by atoms with van der Waals surface area (Å²) in [5.41, 5.74) is 5.86. The maximum Gasteiger partial charge on any atom is 0.118 e. The Morgan fingerprint density at radius 1 is 0.900 bits per heavy atom. The van der Waals surface area contributed by atoms with Gasteiger partial charge >= 0.3 is 0 Å². The standard InChI is InChI=1S/C18H17NO/c1-12-8-13(2)17-10-15(11-19-18(17)9-12)14-4-6-16(20-3)7-5-14/h4-11H,1-3H3. The maximum absolute atomic E-state index is 5.19. The fourth-order valence-corrected chi connectivity index (χ4v) is 2.52. The number of benzene rings is 2. The highest BCUT2D eigenvalue weighted by Gasteiger charge is 2.04. The molecule has 100 valence electrons. The van der Waals surface area contributed by atoms with Crippen LogP contribution in [0.25, 0.3) is 22.0 Å². The van der Waals surface area contributed by atoms with Gasteiger partial charge in [0.2, 0.25) is 0 Å². The van der Waals surface area contributed by atoms with Crippen molar-refractivity contribution in [2.24, 2.45) is 0 Å². The lowest BCUT2D eigenvalue weighted by molar-refractivity contribution is 0.415. The predicted molar refractivity (Wildman–Crippen MR) is 83.2 cm³/mol. The molecule has 2 heteroatoms. The van der Waals surface area contributed by atoms with Crippen LogP contribution in [-0.2, 0) is 0 Å². The molecule has 1 aromatic heterocycles. The highest BCUT2D eigenvalue weighted by molar-refractivity contribution is 5.86. The molecule has 0 saturated heterocycles. The molecule has 0 aliphatic heterocycles. The van der Waals surface area contributed by atoms with Crippen molar-refractivity contribution in [1.82, 2.24) is 4.98 Å². The maximum atomic E-state index is 5.19. The first-order chi connectivity index (χ1) is 9.67. The fraction of sp³-hybridized carbons (Fsp3) is 0.167. The molecule has 20 heavy (non-hydrogen) atoms. The molecule has 0 spiro atoms. The Morgan fingerprint density at radius 2 is 1.65 bits per heavy atom. The Bertz CT molecular complexity index is 760. The van der Waals surface area contributed by atoms with Crippen molar-refractivity contribution in [3.05, 3.63) is 59.8 Å². The molecular formula is C18H17NO. The quantitative estimate of drug-likeness (QED) is 0.677. The zero-order valence-electron chi connectivity index (χ0n) is 12.0. The molecule has 3 rings (SSSR count). The lowest BCUT2D eigenvalue weighted by Gasteiger charge is -2.08. The molecule has 0 saturated carbocycles. The minimum Gasteiger partial charge on any atom is -0.497 e. The van der Waals surface area contributed by atoms with E-state index in [2.05, 4.69) is 49.2 Å². The van der Waals surface area contributed by atoms with Gasteiger partial charge in [0.05, 0.1) is 12.6 Å². The van der Waals surface area contributed by atoms with Crippen molar-refractivity contribution >= 4 is 10.9 Å². The summed E-state index contributed by atoms with van der Waals surface area (Å²) in [6.07, 6.45) is 1.93. The van der Waals surface area contributed by atoms with Crippen molar-refractivity contribution < 1.29 is 4.74 Å². The van der Waals surface area contributed by atoms with Gasteiger partial charge in [0.1, 0.15) is 5.75 Å². The predicted octanol–water partition coefficient (Wildman–Crippen LogP) is 4.53. The third-order valence-electron chi connectivity index (χ3n) is 3.58. The zero-order chi connectivity index (χ0) is 14.1. The number of ether oxygens (including phenoxy) is 1. The molecule has 0 N–H and O–H groups in total. The molecule has 0 atom stereocenters. The van der Waals surface area contributed by atoms with Gasteiger partial charge in [0.25, 0.3) is 0 Å². The van der Waals surface area contributed by atoms with E-state index >= 15 is 0 Å². The van der Waals surface area contributed by atoms with Crippen LogP contribution in [0.1, 0.15) is 11.1 Å². The highest BCUT2D eigenvalue weighted by atomic mass is 16.5. The lowest BCUT2D eigenvalue weighted by Crippen LogP contribution is -1.88. The zero-order valence-corrected chi connectivity index (χ0v) is 12.0. The Labute approximate surface area is 119 Å². The van der Waals surface area contributed by atoms with Crippen LogP contribution in [0.3, 0.4) is 0 Å². The van der Waals surface area contributed by atoms with Gasteiger partial charge in [-0.15, -0.1) is 0 Å². The molecule has 3 aromatic rings. The average Bonchev–Trinajstić information content (AvgIpc) is 2.47. The van der Waals surface area contributed by atoms with E-state index in [1.54, 1.807) is 7.11 Å². The summed E-state index contributed by atoms with van der Waals surface area (Å²) in [6, 6.07) is 14.6. The van der Waals surface area contributed by atoms with Crippen molar-refractivity contribution in [2.45, 2.75) is 13.8 Å². The Kier molecular flexibility index (Phi) is 3.15. The molecular weight excluding hydrogens is 246 g/mol. The third-order valence-corrected chi connectivity index (χ3v) is 3.58. The van der Waals surface area contributed by atoms with Gasteiger partial charge in [-0.2, -0.15) is 0 Å². The number of hydrogen-bond donors (Lipinski definition) is 0. The van der Waals surface area contributed by atoms with Gasteiger partial charge in [0.15, 0.2) is 0 Å². The molecule has 0 unspecified atom stereocenters. The van der Waals surface area contributed by atoms with Gasteiger partial charge < -0.3 is 4.74 Å². The van der Waals surface area contributed by atoms with Gasteiger partial charge in [0, 0.05) is 17.1 Å². The summed E-state index contributed by atoms with van der Waals surface area (Å²) >= 11 is 0. The van der Waals surface area contributed by atoms with Gasteiger partial charge in [-0.1, -0.05) is 18.2 Å². The number of methoxy groups -OCH3 is 1. The molecule has 2 aromatic carbocycles. The molecule has 0 radical (unpaired) electrons. The van der Waals surface area contributed by atoms with Crippen molar-refractivity contribution in [3.8, 4) is 16.9 Å². The van der Waals surface area contributed by atoms with Crippen LogP contribution in [0, 0.1) is 13.8 Å². The molecule has 0 bridgehead atoms. The molecule has 0 aliphatic rings. The van der Waals surface area contributed by atoms with Crippen LogP contribution in [0.15, 0.2) is 48.7 Å². The number of aryl methyl sites for hydroxylation is 2. The number of fused-ring (bicyclic) bond motifs is 1. The normalized spacial score (nSPS) is 10.8. The number of rotatable bonds is 2. The topological polar surface area (TPSA) is 22.1 Å². The molecule has 1 heterocycles. The summed E-state index contributed by atoms with van der Waals surface area (Å²) in [5.74, 6) is 0.870. The van der Waals surface area contributed by atoms with E-state index in [0.29, 0.717) is 0 Å². The van der Waals surface area contributed by atoms with Crippen LogP contribution >= 0.6 is 0 Å². The SMILES string of the molecule is COc1ccc(-c2cnc3cc(C)cc(C)c3c2)cc1. The summed E-state index contributed by atoms with van der Waals surface area (Å²) in [4.78, 5) is 4.59. The first-order valence-electron chi connectivity index (χ1n) is 6.69. The molecule has 0 aliphatic carbocycles. The Balaban J connectivity index is 2.12. The first kappa shape index (κ1) is 12.7. The van der Waals surface area contributed by atoms with Crippen molar-refractivity contribution in [2.75, 3.05) is 7.11 Å². The number of aromatic nitrogens is 1. The fourth-order valence-electron chi connectivity index (χ4n) is 2.52. The van der Waals surface area contributed by atoms with Crippen LogP contribution in [0.4, 0.5) is 0 Å². The van der Waals surface area contributed by atoms with E-state index in [0.717, 1.165) is 22.4 Å². The Morgan fingerprint density at radius 3 is 2.35 bits per heavy atom. The summed E-state index contributed by atoms with van der Waals surface area (Å²) < 4.78 is 5.19. The second kappa shape index (κ2) is 4.97. The van der Waals surface area contributed by atoms with Gasteiger partial charge in [-0.25, -0.2) is 0 Å². The second-order valence-electron chi connectivity index (χ2n) is 5.10. The number of nitrogens with zero attached hydrogens (tertiary/aromatic N) is 1. The van der Waals surface area contributed by atoms with E-state index in [1.165, 1.54) is 16.5 Å². The third kappa shape index (κ3) is 2.25. The summed E-state index contributed by atoms with van der Waals surface area (Å²) in [7, 11) is 1.68. The molecule has 2 nitrogen and oxygen atoms in total. The van der Waals surface area contributed by atoms with E-state index in [9.17, 15) is 0 Å². The smallest absolute Gasteiger partial charge is 0.118 e. The lowest BCUT2D eigenvalue weighted by atomic mass is 10.0. The molecule has 0 amide bonds. The van der Waals surface area contributed by atoms with Gasteiger partial charge in [-0.3, -0.25) is 4.98 Å². The monoisotopic (exact) mass is 263 g/mol. The molecule has 0 fully saturated rings. The van der Waals surface area contributed by atoms with Crippen molar-refractivity contribution in [1.29, 1.82) is 0 Å². The Hall–Kier alpha value is -2.35. The minimum absolute atomic E-state index is 0.870. The van der Waals surface area contributed by atoms with Crippen LogP contribution in [0.5, 0.6) is 5.75 Å². The van der Waals surface area contributed by atoms with Gasteiger partial charge in [-0.05, 0) is 54.8 Å². The van der Waals surface area contributed by atoms with Crippen LogP contribution < -0.4 is 4.74 Å². The highest BCUT2D eigenvalue weighted by Crippen LogP contribution is 2.26. The van der Waals surface area contributed by atoms with E-state index < -0.39 is 0 Å². The van der Waals surface area contributed by atoms with E-state index in [1.807, 2.05) is 18.3 Å². The van der Waals surface area contributed by atoms with Crippen molar-refractivity contribution in [3.63, 3.8) is 0 Å². The average molecular weight is 263 g/mol. The van der Waals surface area contributed by atoms with E-state index in [4.69, 9.17) is 4.74 Å². The minimum atomic E-state index is 0.870. The summed E-state index contributed by atoms with van der Waals surface area (Å²) in [5, 5.41) is 1.21. The second-order valence-corrected chi connectivity index (χ2v) is 5.10. The summed E-state index contributed by atoms with van der Waals surface area (Å²) in [6.45, 7) is 4.24. The van der Waals surface area contributed by atoms with Crippen LogP contribution in [0.2, 0.25) is 0 Å². The van der Waals surface area contributed by atoms with E-state index in [-0.39, 0.29) is 0 Å².